The fourth-order valence-corrected chi connectivity index (χ4v) is 2.08. The molecule has 3 aromatic rings. The molecule has 0 saturated carbocycles. The molecule has 0 spiro atoms. The lowest BCUT2D eigenvalue weighted by Gasteiger charge is -2.06. The summed E-state index contributed by atoms with van der Waals surface area (Å²) in [5.41, 5.74) is 3.02. The Kier molecular flexibility index (Phi) is 3.83. The van der Waals surface area contributed by atoms with Crippen molar-refractivity contribution < 1.29 is 4.52 Å². The third-order valence-electron chi connectivity index (χ3n) is 2.96. The summed E-state index contributed by atoms with van der Waals surface area (Å²) in [6.07, 6.45) is 1.67. The summed E-state index contributed by atoms with van der Waals surface area (Å²) >= 11 is 5.84. The van der Waals surface area contributed by atoms with Gasteiger partial charge in [0, 0.05) is 30.9 Å². The van der Waals surface area contributed by atoms with Crippen molar-refractivity contribution in [1.82, 2.24) is 15.1 Å². The highest BCUT2D eigenvalue weighted by Crippen LogP contribution is 2.17. The standard InChI is InChI=1S/C15H13ClN4O/c1-10-19-15(20-21-10)12-4-2-11(3-5-12)9-18-13-6-7-17-14(16)8-13/h2-8H,9H2,1H3,(H,17,18). The lowest BCUT2D eigenvalue weighted by molar-refractivity contribution is 0.394. The molecule has 21 heavy (non-hydrogen) atoms. The number of nitrogens with one attached hydrogen (secondary N) is 1. The molecule has 2 aromatic heterocycles. The van der Waals surface area contributed by atoms with Gasteiger partial charge in [0.25, 0.3) is 0 Å². The molecule has 6 heteroatoms. The summed E-state index contributed by atoms with van der Waals surface area (Å²) in [6.45, 7) is 2.47. The van der Waals surface area contributed by atoms with Gasteiger partial charge in [-0.1, -0.05) is 41.0 Å². The maximum absolute atomic E-state index is 5.84. The molecule has 106 valence electrons. The van der Waals surface area contributed by atoms with Gasteiger partial charge in [0.1, 0.15) is 5.15 Å². The van der Waals surface area contributed by atoms with Crippen molar-refractivity contribution in [3.05, 3.63) is 59.2 Å². The van der Waals surface area contributed by atoms with Crippen LogP contribution in [0, 0.1) is 6.92 Å². The monoisotopic (exact) mass is 300 g/mol. The van der Waals surface area contributed by atoms with Crippen LogP contribution >= 0.6 is 11.6 Å². The summed E-state index contributed by atoms with van der Waals surface area (Å²) < 4.78 is 4.97. The first kappa shape index (κ1) is 13.6. The smallest absolute Gasteiger partial charge is 0.223 e. The van der Waals surface area contributed by atoms with Gasteiger partial charge in [0.15, 0.2) is 0 Å². The van der Waals surface area contributed by atoms with Crippen molar-refractivity contribution in [2.45, 2.75) is 13.5 Å². The number of hydrogen-bond donors (Lipinski definition) is 1. The summed E-state index contributed by atoms with van der Waals surface area (Å²) in [4.78, 5) is 8.14. The molecule has 0 bridgehead atoms. The molecule has 2 heterocycles. The molecule has 0 amide bonds. The molecule has 0 radical (unpaired) electrons. The SMILES string of the molecule is Cc1nc(-c2ccc(CNc3ccnc(Cl)c3)cc2)no1. The molecule has 0 fully saturated rings. The fourth-order valence-electron chi connectivity index (χ4n) is 1.90. The van der Waals surface area contributed by atoms with Crippen LogP contribution in [0.15, 0.2) is 47.1 Å². The number of aromatic nitrogens is 3. The predicted octanol–water partition coefficient (Wildman–Crippen LogP) is 3.71. The van der Waals surface area contributed by atoms with Gasteiger partial charge in [-0.15, -0.1) is 0 Å². The zero-order valence-corrected chi connectivity index (χ0v) is 12.1. The largest absolute Gasteiger partial charge is 0.381 e. The number of pyridine rings is 1. The van der Waals surface area contributed by atoms with E-state index in [0.29, 0.717) is 23.4 Å². The van der Waals surface area contributed by atoms with Crippen LogP contribution in [0.25, 0.3) is 11.4 Å². The Hall–Kier alpha value is -2.40. The highest BCUT2D eigenvalue weighted by Gasteiger charge is 2.05. The summed E-state index contributed by atoms with van der Waals surface area (Å²) in [6, 6.07) is 11.7. The van der Waals surface area contributed by atoms with Crippen LogP contribution in [0.3, 0.4) is 0 Å². The van der Waals surface area contributed by atoms with Crippen molar-refractivity contribution >= 4 is 17.3 Å². The van der Waals surface area contributed by atoms with Crippen LogP contribution in [-0.4, -0.2) is 15.1 Å². The molecule has 1 aromatic carbocycles. The van der Waals surface area contributed by atoms with E-state index in [1.54, 1.807) is 19.2 Å². The Balaban J connectivity index is 1.67. The van der Waals surface area contributed by atoms with Crippen LogP contribution < -0.4 is 5.32 Å². The van der Waals surface area contributed by atoms with E-state index >= 15 is 0 Å². The van der Waals surface area contributed by atoms with Crippen LogP contribution in [-0.2, 0) is 6.54 Å². The zero-order valence-electron chi connectivity index (χ0n) is 11.4. The van der Waals surface area contributed by atoms with E-state index in [4.69, 9.17) is 16.1 Å². The quantitative estimate of drug-likeness (QED) is 0.744. The normalized spacial score (nSPS) is 10.6. The Morgan fingerprint density at radius 1 is 1.19 bits per heavy atom. The molecular weight excluding hydrogens is 288 g/mol. The van der Waals surface area contributed by atoms with E-state index in [1.807, 2.05) is 30.3 Å². The van der Waals surface area contributed by atoms with Crippen molar-refractivity contribution in [2.24, 2.45) is 0 Å². The maximum atomic E-state index is 5.84. The van der Waals surface area contributed by atoms with Gasteiger partial charge in [-0.3, -0.25) is 0 Å². The molecule has 0 saturated heterocycles. The second-order valence-corrected chi connectivity index (χ2v) is 4.94. The van der Waals surface area contributed by atoms with Crippen LogP contribution in [0.1, 0.15) is 11.5 Å². The minimum Gasteiger partial charge on any atom is -0.381 e. The Morgan fingerprint density at radius 2 is 2.00 bits per heavy atom. The molecule has 3 rings (SSSR count). The van der Waals surface area contributed by atoms with E-state index in [0.717, 1.165) is 16.8 Å². The second-order valence-electron chi connectivity index (χ2n) is 4.55. The highest BCUT2D eigenvalue weighted by molar-refractivity contribution is 6.29. The molecule has 0 unspecified atom stereocenters. The lowest BCUT2D eigenvalue weighted by atomic mass is 10.1. The summed E-state index contributed by atoms with van der Waals surface area (Å²) in [7, 11) is 0. The highest BCUT2D eigenvalue weighted by atomic mass is 35.5. The Morgan fingerprint density at radius 3 is 2.67 bits per heavy atom. The third kappa shape index (κ3) is 3.38. The van der Waals surface area contributed by atoms with E-state index in [9.17, 15) is 0 Å². The Labute approximate surface area is 127 Å². The fraction of sp³-hybridized carbons (Fsp3) is 0.133. The maximum Gasteiger partial charge on any atom is 0.223 e. The van der Waals surface area contributed by atoms with Gasteiger partial charge in [0.05, 0.1) is 0 Å². The van der Waals surface area contributed by atoms with Crippen molar-refractivity contribution in [1.29, 1.82) is 0 Å². The van der Waals surface area contributed by atoms with Gasteiger partial charge < -0.3 is 9.84 Å². The van der Waals surface area contributed by atoms with Crippen molar-refractivity contribution in [3.63, 3.8) is 0 Å². The number of anilines is 1. The first-order valence-electron chi connectivity index (χ1n) is 6.46. The minimum atomic E-state index is 0.475. The van der Waals surface area contributed by atoms with E-state index in [2.05, 4.69) is 20.4 Å². The number of aryl methyl sites for hydroxylation is 1. The molecule has 0 aliphatic rings. The van der Waals surface area contributed by atoms with Gasteiger partial charge in [-0.05, 0) is 17.7 Å². The zero-order chi connectivity index (χ0) is 14.7. The van der Waals surface area contributed by atoms with E-state index < -0.39 is 0 Å². The molecule has 1 N–H and O–H groups in total. The minimum absolute atomic E-state index is 0.475. The van der Waals surface area contributed by atoms with Gasteiger partial charge in [-0.25, -0.2) is 4.98 Å². The van der Waals surface area contributed by atoms with E-state index in [-0.39, 0.29) is 0 Å². The average molecular weight is 301 g/mol. The number of nitrogens with zero attached hydrogens (tertiary/aromatic N) is 3. The molecule has 0 aliphatic heterocycles. The molecular formula is C15H13ClN4O. The van der Waals surface area contributed by atoms with Crippen molar-refractivity contribution in [3.8, 4) is 11.4 Å². The Bertz CT molecular complexity index is 739. The number of benzene rings is 1. The topological polar surface area (TPSA) is 63.8 Å². The van der Waals surface area contributed by atoms with Crippen molar-refractivity contribution in [2.75, 3.05) is 5.32 Å². The molecule has 0 aliphatic carbocycles. The van der Waals surface area contributed by atoms with Crippen LogP contribution in [0.5, 0.6) is 0 Å². The number of hydrogen-bond acceptors (Lipinski definition) is 5. The summed E-state index contributed by atoms with van der Waals surface area (Å²) in [5, 5.41) is 7.66. The van der Waals surface area contributed by atoms with E-state index in [1.165, 1.54) is 0 Å². The number of rotatable bonds is 4. The first-order valence-corrected chi connectivity index (χ1v) is 6.83. The van der Waals surface area contributed by atoms with Crippen LogP contribution in [0.4, 0.5) is 5.69 Å². The van der Waals surface area contributed by atoms with Gasteiger partial charge >= 0.3 is 0 Å². The van der Waals surface area contributed by atoms with Gasteiger partial charge in [0.2, 0.25) is 11.7 Å². The number of halogens is 1. The second kappa shape index (κ2) is 5.93. The molecule has 5 nitrogen and oxygen atoms in total. The van der Waals surface area contributed by atoms with Gasteiger partial charge in [-0.2, -0.15) is 4.98 Å². The van der Waals surface area contributed by atoms with Crippen LogP contribution in [0.2, 0.25) is 5.15 Å². The first-order chi connectivity index (χ1) is 10.2. The average Bonchev–Trinajstić information content (AvgIpc) is 2.92. The summed E-state index contributed by atoms with van der Waals surface area (Å²) in [5.74, 6) is 1.17. The lowest BCUT2D eigenvalue weighted by Crippen LogP contribution is -1.99. The third-order valence-corrected chi connectivity index (χ3v) is 3.17. The predicted molar refractivity (Wildman–Crippen MR) is 81.0 cm³/mol. The molecule has 0 atom stereocenters.